The fraction of sp³-hybridized carbons (Fsp3) is 0.0909. The van der Waals surface area contributed by atoms with E-state index < -0.39 is 0 Å². The van der Waals surface area contributed by atoms with Crippen molar-refractivity contribution in [3.63, 3.8) is 0 Å². The van der Waals surface area contributed by atoms with Gasteiger partial charge in [0, 0.05) is 4.47 Å². The Balaban J connectivity index is 2.13. The predicted octanol–water partition coefficient (Wildman–Crippen LogP) is 5.00. The average Bonchev–Trinajstić information content (AvgIpc) is 2.30. The van der Waals surface area contributed by atoms with Crippen LogP contribution in [-0.2, 0) is 6.61 Å². The molecule has 0 amide bonds. The summed E-state index contributed by atoms with van der Waals surface area (Å²) in [5, 5.41) is 8.04. The second kappa shape index (κ2) is 6.32. The van der Waals surface area contributed by atoms with Gasteiger partial charge in [0.25, 0.3) is 0 Å². The summed E-state index contributed by atoms with van der Waals surface area (Å²) < 4.78 is 8.35. The lowest BCUT2D eigenvalue weighted by Crippen LogP contribution is -2.00. The van der Waals surface area contributed by atoms with E-state index in [1.165, 1.54) is 0 Å². The second-order valence-corrected chi connectivity index (χ2v) is 6.35. The summed E-state index contributed by atoms with van der Waals surface area (Å²) in [6.07, 6.45) is 0. The average molecular weight is 457 g/mol. The Morgan fingerprint density at radius 3 is 2.28 bits per heavy atom. The van der Waals surface area contributed by atoms with Gasteiger partial charge in [-0.05, 0) is 56.1 Å². The molecule has 0 N–H and O–H groups in total. The summed E-state index contributed by atoms with van der Waals surface area (Å²) in [5.41, 5.74) is 0.709. The Bertz CT molecular complexity index is 540. The topological polar surface area (TPSA) is 35.0 Å². The molecule has 18 heavy (non-hydrogen) atoms. The first-order valence-electron chi connectivity index (χ1n) is 4.81. The van der Waals surface area contributed by atoms with Crippen molar-refractivity contribution in [3.8, 4) is 5.75 Å². The van der Waals surface area contributed by atoms with Crippen molar-refractivity contribution in [3.05, 3.63) is 48.5 Å². The van der Waals surface area contributed by atoms with Gasteiger partial charge < -0.3 is 4.74 Å². The molecule has 1 aromatic carbocycles. The van der Waals surface area contributed by atoms with Crippen molar-refractivity contribution in [1.29, 1.82) is 0 Å². The van der Waals surface area contributed by atoms with Crippen LogP contribution in [0.1, 0.15) is 5.69 Å². The molecule has 0 bridgehead atoms. The summed E-state index contributed by atoms with van der Waals surface area (Å²) in [6.45, 7) is 0.322. The van der Waals surface area contributed by atoms with Gasteiger partial charge in [0.15, 0.2) is 5.15 Å². The Morgan fingerprint density at radius 2 is 1.72 bits per heavy atom. The molecule has 2 aromatic rings. The summed E-state index contributed by atoms with van der Waals surface area (Å²) >= 11 is 15.9. The van der Waals surface area contributed by atoms with E-state index in [-0.39, 0.29) is 0 Å². The molecule has 0 aliphatic rings. The minimum absolute atomic E-state index is 0.322. The van der Waals surface area contributed by atoms with E-state index in [1.807, 2.05) is 12.1 Å². The van der Waals surface area contributed by atoms with Gasteiger partial charge in [0.05, 0.1) is 8.95 Å². The molecular weight excluding hydrogens is 451 g/mol. The van der Waals surface area contributed by atoms with Crippen LogP contribution >= 0.6 is 59.4 Å². The van der Waals surface area contributed by atoms with Gasteiger partial charge in [-0.3, -0.25) is 0 Å². The first-order chi connectivity index (χ1) is 8.56. The number of halogens is 4. The third-order valence-electron chi connectivity index (χ3n) is 2.01. The lowest BCUT2D eigenvalue weighted by Gasteiger charge is -2.10. The lowest BCUT2D eigenvalue weighted by molar-refractivity contribution is 0.296. The summed E-state index contributed by atoms with van der Waals surface area (Å²) in [7, 11) is 0. The fourth-order valence-electron chi connectivity index (χ4n) is 1.23. The van der Waals surface area contributed by atoms with Crippen molar-refractivity contribution in [2.24, 2.45) is 0 Å². The molecule has 1 aromatic heterocycles. The van der Waals surface area contributed by atoms with Crippen LogP contribution in [0.3, 0.4) is 0 Å². The third-order valence-corrected chi connectivity index (χ3v) is 3.85. The zero-order chi connectivity index (χ0) is 13.1. The molecule has 0 saturated carbocycles. The number of nitrogens with zero attached hydrogens (tertiary/aromatic N) is 2. The quantitative estimate of drug-likeness (QED) is 0.651. The Kier molecular flexibility index (Phi) is 5.00. The highest BCUT2D eigenvalue weighted by atomic mass is 79.9. The predicted molar refractivity (Wildman–Crippen MR) is 80.9 cm³/mol. The van der Waals surface area contributed by atoms with E-state index in [0.717, 1.165) is 19.2 Å². The molecule has 0 fully saturated rings. The van der Waals surface area contributed by atoms with Crippen molar-refractivity contribution >= 4 is 59.4 Å². The van der Waals surface area contributed by atoms with Gasteiger partial charge in [-0.2, -0.15) is 5.10 Å². The molecular formula is C11H6Br3ClN2O. The smallest absolute Gasteiger partial charge is 0.151 e. The van der Waals surface area contributed by atoms with Gasteiger partial charge in [0.2, 0.25) is 0 Å². The fourth-order valence-corrected chi connectivity index (χ4v) is 3.82. The molecule has 7 heteroatoms. The zero-order valence-corrected chi connectivity index (χ0v) is 14.3. The van der Waals surface area contributed by atoms with Gasteiger partial charge >= 0.3 is 0 Å². The van der Waals surface area contributed by atoms with E-state index in [9.17, 15) is 0 Å². The molecule has 0 aliphatic carbocycles. The van der Waals surface area contributed by atoms with Gasteiger partial charge in [-0.15, -0.1) is 5.10 Å². The molecule has 0 saturated heterocycles. The highest BCUT2D eigenvalue weighted by molar-refractivity contribution is 9.11. The Labute approximate surface area is 134 Å². The number of ether oxygens (including phenoxy) is 1. The molecule has 0 atom stereocenters. The van der Waals surface area contributed by atoms with Crippen LogP contribution in [0.15, 0.2) is 37.7 Å². The molecule has 0 unspecified atom stereocenters. The molecule has 0 aliphatic heterocycles. The maximum Gasteiger partial charge on any atom is 0.151 e. The van der Waals surface area contributed by atoms with Gasteiger partial charge in [-0.25, -0.2) is 0 Å². The van der Waals surface area contributed by atoms with Gasteiger partial charge in [0.1, 0.15) is 18.1 Å². The highest BCUT2D eigenvalue weighted by Gasteiger charge is 2.09. The summed E-state index contributed by atoms with van der Waals surface area (Å²) in [5.74, 6) is 0.718. The van der Waals surface area contributed by atoms with Crippen molar-refractivity contribution in [2.75, 3.05) is 0 Å². The summed E-state index contributed by atoms with van der Waals surface area (Å²) in [6, 6.07) is 7.27. The molecule has 0 radical (unpaired) electrons. The van der Waals surface area contributed by atoms with E-state index >= 15 is 0 Å². The normalized spacial score (nSPS) is 10.4. The number of aromatic nitrogens is 2. The van der Waals surface area contributed by atoms with E-state index in [4.69, 9.17) is 16.3 Å². The zero-order valence-electron chi connectivity index (χ0n) is 8.83. The monoisotopic (exact) mass is 454 g/mol. The van der Waals surface area contributed by atoms with Crippen molar-refractivity contribution in [2.45, 2.75) is 6.61 Å². The van der Waals surface area contributed by atoms with Crippen LogP contribution in [0.4, 0.5) is 0 Å². The second-order valence-electron chi connectivity index (χ2n) is 3.33. The highest BCUT2D eigenvalue weighted by Crippen LogP contribution is 2.36. The maximum absolute atomic E-state index is 5.69. The maximum atomic E-state index is 5.69. The molecule has 94 valence electrons. The number of rotatable bonds is 3. The standard InChI is InChI=1S/C11H6Br3ClN2O/c12-6-3-8(13)11(9(14)4-6)18-5-7-1-2-10(15)17-16-7/h1-4H,5H2. The molecule has 2 rings (SSSR count). The molecule has 0 spiro atoms. The van der Waals surface area contributed by atoms with E-state index in [1.54, 1.807) is 12.1 Å². The first-order valence-corrected chi connectivity index (χ1v) is 7.57. The van der Waals surface area contributed by atoms with Crippen LogP contribution in [-0.4, -0.2) is 10.2 Å². The Hall–Kier alpha value is -0.170. The van der Waals surface area contributed by atoms with Crippen LogP contribution < -0.4 is 4.74 Å². The number of hydrogen-bond donors (Lipinski definition) is 0. The molecule has 1 heterocycles. The third kappa shape index (κ3) is 3.66. The summed E-state index contributed by atoms with van der Waals surface area (Å²) in [4.78, 5) is 0. The van der Waals surface area contributed by atoms with Crippen LogP contribution in [0.5, 0.6) is 5.75 Å². The number of benzene rings is 1. The largest absolute Gasteiger partial charge is 0.485 e. The van der Waals surface area contributed by atoms with Crippen LogP contribution in [0.25, 0.3) is 0 Å². The minimum Gasteiger partial charge on any atom is -0.485 e. The number of hydrogen-bond acceptors (Lipinski definition) is 3. The minimum atomic E-state index is 0.322. The van der Waals surface area contributed by atoms with Crippen molar-refractivity contribution < 1.29 is 4.74 Å². The van der Waals surface area contributed by atoms with E-state index in [2.05, 4.69) is 58.0 Å². The Morgan fingerprint density at radius 1 is 1.06 bits per heavy atom. The first kappa shape index (κ1) is 14.2. The van der Waals surface area contributed by atoms with Gasteiger partial charge in [-0.1, -0.05) is 27.5 Å². The van der Waals surface area contributed by atoms with Crippen LogP contribution in [0, 0.1) is 0 Å². The van der Waals surface area contributed by atoms with E-state index in [0.29, 0.717) is 17.5 Å². The lowest BCUT2D eigenvalue weighted by atomic mass is 10.3. The SMILES string of the molecule is Clc1ccc(COc2c(Br)cc(Br)cc2Br)nn1. The van der Waals surface area contributed by atoms with Crippen molar-refractivity contribution in [1.82, 2.24) is 10.2 Å². The molecule has 3 nitrogen and oxygen atoms in total. The van der Waals surface area contributed by atoms with Crippen LogP contribution in [0.2, 0.25) is 5.15 Å².